The van der Waals surface area contributed by atoms with Crippen LogP contribution < -0.4 is 5.32 Å². The van der Waals surface area contributed by atoms with Gasteiger partial charge in [-0.3, -0.25) is 4.79 Å². The molecule has 17 heavy (non-hydrogen) atoms. The largest absolute Gasteiger partial charge is 0.382 e. The lowest BCUT2D eigenvalue weighted by atomic mass is 9.89. The lowest BCUT2D eigenvalue weighted by Crippen LogP contribution is -2.30. The Morgan fingerprint density at radius 1 is 1.18 bits per heavy atom. The lowest BCUT2D eigenvalue weighted by molar-refractivity contribution is -0.122. The summed E-state index contributed by atoms with van der Waals surface area (Å²) in [6.45, 7) is 2.48. The molecule has 0 bridgehead atoms. The third-order valence-corrected chi connectivity index (χ3v) is 3.22. The molecule has 0 unspecified atom stereocenters. The van der Waals surface area contributed by atoms with E-state index in [0.29, 0.717) is 32.2 Å². The van der Waals surface area contributed by atoms with Crippen molar-refractivity contribution in [2.45, 2.75) is 38.5 Å². The van der Waals surface area contributed by atoms with Crippen molar-refractivity contribution in [2.75, 3.05) is 33.5 Å². The van der Waals surface area contributed by atoms with E-state index in [1.165, 1.54) is 32.1 Å². The number of methoxy groups -OCH3 is 1. The van der Waals surface area contributed by atoms with Crippen LogP contribution >= 0.6 is 0 Å². The monoisotopic (exact) mass is 243 g/mol. The average molecular weight is 243 g/mol. The Hall–Kier alpha value is -0.610. The van der Waals surface area contributed by atoms with Crippen LogP contribution in [0.5, 0.6) is 0 Å². The smallest absolute Gasteiger partial charge is 0.222 e. The molecule has 100 valence electrons. The summed E-state index contributed by atoms with van der Waals surface area (Å²) in [5.74, 6) is 0.801. The van der Waals surface area contributed by atoms with Gasteiger partial charge in [0.15, 0.2) is 0 Å². The maximum absolute atomic E-state index is 11.5. The molecule has 0 aromatic rings. The highest BCUT2D eigenvalue weighted by molar-refractivity contribution is 5.75. The predicted molar refractivity (Wildman–Crippen MR) is 66.9 cm³/mol. The van der Waals surface area contributed by atoms with Gasteiger partial charge in [-0.1, -0.05) is 19.3 Å². The predicted octanol–water partition coefficient (Wildman–Crippen LogP) is 1.74. The number of amides is 1. The van der Waals surface area contributed by atoms with Crippen molar-refractivity contribution in [3.63, 3.8) is 0 Å². The highest BCUT2D eigenvalue weighted by Crippen LogP contribution is 2.22. The standard InChI is InChI=1S/C13H25NO3/c1-16-9-10-17-8-7-13(15)14-11-12-5-3-2-4-6-12/h12H,2-11H2,1H3,(H,14,15). The zero-order valence-electron chi connectivity index (χ0n) is 10.9. The minimum atomic E-state index is 0.105. The molecule has 0 spiro atoms. The van der Waals surface area contributed by atoms with Crippen molar-refractivity contribution in [1.29, 1.82) is 0 Å². The lowest BCUT2D eigenvalue weighted by Gasteiger charge is -2.21. The Kier molecular flexibility index (Phi) is 8.01. The quantitative estimate of drug-likeness (QED) is 0.661. The van der Waals surface area contributed by atoms with Crippen molar-refractivity contribution in [3.8, 4) is 0 Å². The van der Waals surface area contributed by atoms with E-state index in [1.807, 2.05) is 0 Å². The molecule has 0 atom stereocenters. The topological polar surface area (TPSA) is 47.6 Å². The summed E-state index contributed by atoms with van der Waals surface area (Å²) >= 11 is 0. The minimum absolute atomic E-state index is 0.105. The van der Waals surface area contributed by atoms with Crippen LogP contribution in [0.2, 0.25) is 0 Å². The fourth-order valence-corrected chi connectivity index (χ4v) is 2.15. The van der Waals surface area contributed by atoms with Crippen molar-refractivity contribution < 1.29 is 14.3 Å². The molecule has 1 saturated carbocycles. The number of hydrogen-bond acceptors (Lipinski definition) is 3. The van der Waals surface area contributed by atoms with E-state index in [0.717, 1.165) is 6.54 Å². The molecule has 0 aliphatic heterocycles. The first-order chi connectivity index (χ1) is 8.33. The summed E-state index contributed by atoms with van der Waals surface area (Å²) in [5, 5.41) is 2.99. The molecule has 1 rings (SSSR count). The van der Waals surface area contributed by atoms with Crippen LogP contribution in [-0.2, 0) is 14.3 Å². The van der Waals surface area contributed by atoms with Crippen LogP contribution in [-0.4, -0.2) is 39.4 Å². The summed E-state index contributed by atoms with van der Waals surface area (Å²) in [4.78, 5) is 11.5. The molecule has 4 heteroatoms. The van der Waals surface area contributed by atoms with Crippen LogP contribution in [0.1, 0.15) is 38.5 Å². The average Bonchev–Trinajstić information content (AvgIpc) is 2.37. The van der Waals surface area contributed by atoms with E-state index in [9.17, 15) is 4.79 Å². The molecule has 1 amide bonds. The van der Waals surface area contributed by atoms with E-state index in [2.05, 4.69) is 5.32 Å². The molecule has 0 aromatic heterocycles. The number of rotatable bonds is 8. The third kappa shape index (κ3) is 7.34. The van der Waals surface area contributed by atoms with Gasteiger partial charge in [-0.2, -0.15) is 0 Å². The number of carbonyl (C=O) groups is 1. The van der Waals surface area contributed by atoms with Crippen molar-refractivity contribution in [2.24, 2.45) is 5.92 Å². The zero-order chi connectivity index (χ0) is 12.3. The van der Waals surface area contributed by atoms with Gasteiger partial charge in [-0.05, 0) is 18.8 Å². The molecule has 1 N–H and O–H groups in total. The SMILES string of the molecule is COCCOCCC(=O)NCC1CCCCC1. The molecule has 1 aliphatic carbocycles. The van der Waals surface area contributed by atoms with Gasteiger partial charge in [-0.25, -0.2) is 0 Å². The first-order valence-corrected chi connectivity index (χ1v) is 6.66. The van der Waals surface area contributed by atoms with Crippen LogP contribution in [0.15, 0.2) is 0 Å². The van der Waals surface area contributed by atoms with Gasteiger partial charge in [-0.15, -0.1) is 0 Å². The van der Waals surface area contributed by atoms with E-state index in [1.54, 1.807) is 7.11 Å². The van der Waals surface area contributed by atoms with Gasteiger partial charge < -0.3 is 14.8 Å². The van der Waals surface area contributed by atoms with Gasteiger partial charge in [0.2, 0.25) is 5.91 Å². The summed E-state index contributed by atoms with van der Waals surface area (Å²) in [5.41, 5.74) is 0. The fourth-order valence-electron chi connectivity index (χ4n) is 2.15. The number of carbonyl (C=O) groups excluding carboxylic acids is 1. The first kappa shape index (κ1) is 14.5. The maximum atomic E-state index is 11.5. The maximum Gasteiger partial charge on any atom is 0.222 e. The molecule has 0 saturated heterocycles. The molecular formula is C13H25NO3. The van der Waals surface area contributed by atoms with Crippen molar-refractivity contribution >= 4 is 5.91 Å². The van der Waals surface area contributed by atoms with Gasteiger partial charge in [0, 0.05) is 20.1 Å². The van der Waals surface area contributed by atoms with Gasteiger partial charge in [0.05, 0.1) is 19.8 Å². The number of nitrogens with one attached hydrogen (secondary N) is 1. The Bertz CT molecular complexity index is 203. The Balaban J connectivity index is 1.93. The van der Waals surface area contributed by atoms with Crippen LogP contribution in [0.3, 0.4) is 0 Å². The van der Waals surface area contributed by atoms with Crippen LogP contribution in [0.25, 0.3) is 0 Å². The van der Waals surface area contributed by atoms with E-state index in [-0.39, 0.29) is 5.91 Å². The molecule has 1 fully saturated rings. The van der Waals surface area contributed by atoms with Crippen LogP contribution in [0, 0.1) is 5.92 Å². The summed E-state index contributed by atoms with van der Waals surface area (Å²) in [6, 6.07) is 0. The Morgan fingerprint density at radius 2 is 1.94 bits per heavy atom. The van der Waals surface area contributed by atoms with Crippen molar-refractivity contribution in [3.05, 3.63) is 0 Å². The molecule has 0 aromatic carbocycles. The second kappa shape index (κ2) is 9.42. The molecule has 1 aliphatic rings. The molecule has 0 radical (unpaired) electrons. The molecule has 4 nitrogen and oxygen atoms in total. The number of hydrogen-bond donors (Lipinski definition) is 1. The second-order valence-electron chi connectivity index (χ2n) is 4.66. The molecule has 0 heterocycles. The Morgan fingerprint density at radius 3 is 2.65 bits per heavy atom. The van der Waals surface area contributed by atoms with Gasteiger partial charge in [0.1, 0.15) is 0 Å². The van der Waals surface area contributed by atoms with E-state index >= 15 is 0 Å². The summed E-state index contributed by atoms with van der Waals surface area (Å²) < 4.78 is 10.1. The Labute approximate surface area is 104 Å². The normalized spacial score (nSPS) is 17.0. The van der Waals surface area contributed by atoms with Crippen molar-refractivity contribution in [1.82, 2.24) is 5.32 Å². The van der Waals surface area contributed by atoms with Gasteiger partial charge >= 0.3 is 0 Å². The van der Waals surface area contributed by atoms with E-state index < -0.39 is 0 Å². The zero-order valence-corrected chi connectivity index (χ0v) is 10.9. The summed E-state index contributed by atoms with van der Waals surface area (Å²) in [7, 11) is 1.64. The third-order valence-electron chi connectivity index (χ3n) is 3.22. The fraction of sp³-hybridized carbons (Fsp3) is 0.923. The minimum Gasteiger partial charge on any atom is -0.382 e. The number of ether oxygens (including phenoxy) is 2. The van der Waals surface area contributed by atoms with E-state index in [4.69, 9.17) is 9.47 Å². The van der Waals surface area contributed by atoms with Gasteiger partial charge in [0.25, 0.3) is 0 Å². The first-order valence-electron chi connectivity index (χ1n) is 6.66. The second-order valence-corrected chi connectivity index (χ2v) is 4.66. The summed E-state index contributed by atoms with van der Waals surface area (Å²) in [6.07, 6.45) is 6.99. The highest BCUT2D eigenvalue weighted by Gasteiger charge is 2.13. The van der Waals surface area contributed by atoms with Crippen LogP contribution in [0.4, 0.5) is 0 Å². The highest BCUT2D eigenvalue weighted by atomic mass is 16.5. The molecular weight excluding hydrogens is 218 g/mol.